The van der Waals surface area contributed by atoms with Crippen molar-refractivity contribution in [3.63, 3.8) is 0 Å². The minimum Gasteiger partial charge on any atom is -0.333 e. The third-order valence-electron chi connectivity index (χ3n) is 2.09. The molecule has 0 bridgehead atoms. The van der Waals surface area contributed by atoms with Crippen LogP contribution in [0.25, 0.3) is 0 Å². The van der Waals surface area contributed by atoms with Crippen LogP contribution in [0.3, 0.4) is 0 Å². The molecule has 2 amide bonds. The van der Waals surface area contributed by atoms with E-state index in [1.54, 1.807) is 11.3 Å². The second-order valence-electron chi connectivity index (χ2n) is 3.36. The molecule has 1 aliphatic rings. The van der Waals surface area contributed by atoms with Crippen molar-refractivity contribution < 1.29 is 4.79 Å². The summed E-state index contributed by atoms with van der Waals surface area (Å²) in [6.07, 6.45) is 0. The maximum absolute atomic E-state index is 11.4. The molecule has 14 heavy (non-hydrogen) atoms. The number of thiophene rings is 1. The maximum atomic E-state index is 11.4. The number of carbonyl (C=O) groups excluding carboxylic acids is 1. The van der Waals surface area contributed by atoms with E-state index in [0.717, 1.165) is 18.1 Å². The number of aryl methyl sites for hydroxylation is 1. The summed E-state index contributed by atoms with van der Waals surface area (Å²) in [6.45, 7) is 3.76. The molecule has 1 aromatic rings. The standard InChI is InChI=1S/C9H13N3OS/c1-6-2-3-8(14-6)12-9(13)11-7-4-10-5-7/h2-3,7,10H,4-5H2,1H3,(H2,11,12,13). The Bertz CT molecular complexity index is 333. The molecule has 76 valence electrons. The summed E-state index contributed by atoms with van der Waals surface area (Å²) in [4.78, 5) is 12.6. The Morgan fingerprint density at radius 1 is 1.57 bits per heavy atom. The zero-order valence-corrected chi connectivity index (χ0v) is 8.78. The lowest BCUT2D eigenvalue weighted by atomic mass is 10.2. The number of nitrogens with one attached hydrogen (secondary N) is 3. The first-order valence-corrected chi connectivity index (χ1v) is 5.40. The van der Waals surface area contributed by atoms with Gasteiger partial charge < -0.3 is 10.6 Å². The lowest BCUT2D eigenvalue weighted by Crippen LogP contribution is -2.57. The van der Waals surface area contributed by atoms with Crippen molar-refractivity contribution in [2.75, 3.05) is 18.4 Å². The molecule has 0 aromatic carbocycles. The Morgan fingerprint density at radius 3 is 2.86 bits per heavy atom. The van der Waals surface area contributed by atoms with Gasteiger partial charge in [-0.3, -0.25) is 5.32 Å². The van der Waals surface area contributed by atoms with E-state index in [4.69, 9.17) is 0 Å². The van der Waals surface area contributed by atoms with Gasteiger partial charge in [-0.1, -0.05) is 0 Å². The van der Waals surface area contributed by atoms with Crippen molar-refractivity contribution in [3.05, 3.63) is 17.0 Å². The highest BCUT2D eigenvalue weighted by Gasteiger charge is 2.18. The second kappa shape index (κ2) is 3.98. The van der Waals surface area contributed by atoms with Crippen LogP contribution in [0.2, 0.25) is 0 Å². The van der Waals surface area contributed by atoms with Crippen molar-refractivity contribution in [3.8, 4) is 0 Å². The molecule has 1 aromatic heterocycles. The molecule has 0 radical (unpaired) electrons. The van der Waals surface area contributed by atoms with Crippen LogP contribution in [0.4, 0.5) is 9.80 Å². The molecule has 1 fully saturated rings. The first kappa shape index (κ1) is 9.48. The number of carbonyl (C=O) groups is 1. The lowest BCUT2D eigenvalue weighted by Gasteiger charge is -2.27. The predicted octanol–water partition coefficient (Wildman–Crippen LogP) is 1.15. The molecule has 0 aliphatic carbocycles. The van der Waals surface area contributed by atoms with Gasteiger partial charge in [0.05, 0.1) is 11.0 Å². The van der Waals surface area contributed by atoms with Crippen LogP contribution >= 0.6 is 11.3 Å². The van der Waals surface area contributed by atoms with Gasteiger partial charge in [0, 0.05) is 18.0 Å². The molecule has 4 nitrogen and oxygen atoms in total. The molecule has 0 spiro atoms. The molecule has 1 aliphatic heterocycles. The fourth-order valence-electron chi connectivity index (χ4n) is 1.23. The van der Waals surface area contributed by atoms with E-state index >= 15 is 0 Å². The molecule has 5 heteroatoms. The number of hydrogen-bond donors (Lipinski definition) is 3. The van der Waals surface area contributed by atoms with Gasteiger partial charge in [-0.05, 0) is 19.1 Å². The summed E-state index contributed by atoms with van der Waals surface area (Å²) in [6, 6.07) is 4.08. The second-order valence-corrected chi connectivity index (χ2v) is 4.65. The lowest BCUT2D eigenvalue weighted by molar-refractivity contribution is 0.243. The molecule has 1 saturated heterocycles. The minimum absolute atomic E-state index is 0.113. The van der Waals surface area contributed by atoms with E-state index in [0.29, 0.717) is 0 Å². The highest BCUT2D eigenvalue weighted by atomic mass is 32.1. The van der Waals surface area contributed by atoms with Gasteiger partial charge in [-0.2, -0.15) is 0 Å². The van der Waals surface area contributed by atoms with Gasteiger partial charge in [-0.25, -0.2) is 4.79 Å². The maximum Gasteiger partial charge on any atom is 0.320 e. The third kappa shape index (κ3) is 2.24. The van der Waals surface area contributed by atoms with E-state index in [-0.39, 0.29) is 12.1 Å². The highest BCUT2D eigenvalue weighted by molar-refractivity contribution is 7.16. The van der Waals surface area contributed by atoms with Crippen molar-refractivity contribution >= 4 is 22.4 Å². The van der Waals surface area contributed by atoms with Crippen molar-refractivity contribution in [1.82, 2.24) is 10.6 Å². The van der Waals surface area contributed by atoms with Gasteiger partial charge in [0.25, 0.3) is 0 Å². The van der Waals surface area contributed by atoms with E-state index in [9.17, 15) is 4.79 Å². The Kier molecular flexibility index (Phi) is 2.69. The van der Waals surface area contributed by atoms with Crippen LogP contribution in [0.5, 0.6) is 0 Å². The average molecular weight is 211 g/mol. The topological polar surface area (TPSA) is 53.2 Å². The third-order valence-corrected chi connectivity index (χ3v) is 3.01. The van der Waals surface area contributed by atoms with Gasteiger partial charge in [-0.15, -0.1) is 11.3 Å². The van der Waals surface area contributed by atoms with Crippen LogP contribution in [0.1, 0.15) is 4.88 Å². The van der Waals surface area contributed by atoms with Crippen molar-refractivity contribution in [2.24, 2.45) is 0 Å². The molecule has 0 unspecified atom stereocenters. The highest BCUT2D eigenvalue weighted by Crippen LogP contribution is 2.20. The van der Waals surface area contributed by atoms with E-state index < -0.39 is 0 Å². The molecular formula is C9H13N3OS. The molecule has 0 atom stereocenters. The fraction of sp³-hybridized carbons (Fsp3) is 0.444. The Hall–Kier alpha value is -1.07. The van der Waals surface area contributed by atoms with Crippen molar-refractivity contribution in [2.45, 2.75) is 13.0 Å². The summed E-state index contributed by atoms with van der Waals surface area (Å²) < 4.78 is 0. The van der Waals surface area contributed by atoms with Crippen LogP contribution in [0, 0.1) is 6.92 Å². The molecule has 0 saturated carbocycles. The van der Waals surface area contributed by atoms with Crippen LogP contribution in [0.15, 0.2) is 12.1 Å². The van der Waals surface area contributed by atoms with E-state index in [1.807, 2.05) is 19.1 Å². The quantitative estimate of drug-likeness (QED) is 0.687. The average Bonchev–Trinajstić information content (AvgIpc) is 2.44. The first-order chi connectivity index (χ1) is 6.74. The summed E-state index contributed by atoms with van der Waals surface area (Å²) >= 11 is 1.58. The predicted molar refractivity (Wildman–Crippen MR) is 57.9 cm³/mol. The van der Waals surface area contributed by atoms with Gasteiger partial charge in [0.15, 0.2) is 0 Å². The van der Waals surface area contributed by atoms with Crippen LogP contribution < -0.4 is 16.0 Å². The Balaban J connectivity index is 1.81. The minimum atomic E-state index is -0.113. The smallest absolute Gasteiger partial charge is 0.320 e. The normalized spacial score (nSPS) is 16.1. The van der Waals surface area contributed by atoms with E-state index in [2.05, 4.69) is 16.0 Å². The SMILES string of the molecule is Cc1ccc(NC(=O)NC2CNC2)s1. The zero-order chi connectivity index (χ0) is 9.97. The summed E-state index contributed by atoms with van der Waals surface area (Å²) in [7, 11) is 0. The van der Waals surface area contributed by atoms with Crippen molar-refractivity contribution in [1.29, 1.82) is 0 Å². The number of urea groups is 1. The molecule has 2 rings (SSSR count). The number of rotatable bonds is 2. The summed E-state index contributed by atoms with van der Waals surface area (Å²) in [5.41, 5.74) is 0. The van der Waals surface area contributed by atoms with Gasteiger partial charge >= 0.3 is 6.03 Å². The van der Waals surface area contributed by atoms with Gasteiger partial charge in [0.2, 0.25) is 0 Å². The summed E-state index contributed by atoms with van der Waals surface area (Å²) in [5, 5.41) is 9.66. The molecular weight excluding hydrogens is 198 g/mol. The van der Waals surface area contributed by atoms with E-state index in [1.165, 1.54) is 4.88 Å². The Labute approximate surface area is 86.7 Å². The largest absolute Gasteiger partial charge is 0.333 e. The number of amides is 2. The molecule has 3 N–H and O–H groups in total. The first-order valence-electron chi connectivity index (χ1n) is 4.59. The monoisotopic (exact) mass is 211 g/mol. The Morgan fingerprint density at radius 2 is 2.36 bits per heavy atom. The van der Waals surface area contributed by atoms with Gasteiger partial charge in [0.1, 0.15) is 0 Å². The zero-order valence-electron chi connectivity index (χ0n) is 7.96. The molecule has 2 heterocycles. The fourth-order valence-corrected chi connectivity index (χ4v) is 1.99. The number of anilines is 1. The van der Waals surface area contributed by atoms with Crippen LogP contribution in [-0.2, 0) is 0 Å². The van der Waals surface area contributed by atoms with Crippen LogP contribution in [-0.4, -0.2) is 25.2 Å². The number of hydrogen-bond acceptors (Lipinski definition) is 3. The summed E-state index contributed by atoms with van der Waals surface area (Å²) in [5.74, 6) is 0.